The third-order valence-corrected chi connectivity index (χ3v) is 3.44. The van der Waals surface area contributed by atoms with Crippen LogP contribution in [0.2, 0.25) is 0 Å². The number of nitrogen functional groups attached to an aromatic ring is 1. The molecule has 20 heavy (non-hydrogen) atoms. The molecule has 0 bridgehead atoms. The van der Waals surface area contributed by atoms with E-state index < -0.39 is 0 Å². The number of hydrazine groups is 1. The topological polar surface area (TPSA) is 71.2 Å². The van der Waals surface area contributed by atoms with Gasteiger partial charge in [-0.25, -0.2) is 10.8 Å². The van der Waals surface area contributed by atoms with Gasteiger partial charge in [-0.05, 0) is 40.5 Å². The molecule has 0 aliphatic carbocycles. The summed E-state index contributed by atoms with van der Waals surface area (Å²) < 4.78 is 0.720. The third kappa shape index (κ3) is 2.81. The lowest BCUT2D eigenvalue weighted by molar-refractivity contribution is 0.0993. The van der Waals surface area contributed by atoms with Crippen molar-refractivity contribution in [3.05, 3.63) is 52.1 Å². The lowest BCUT2D eigenvalue weighted by atomic mass is 10.1. The van der Waals surface area contributed by atoms with Crippen LogP contribution in [-0.2, 0) is 0 Å². The number of pyridine rings is 1. The Labute approximate surface area is 125 Å². The highest BCUT2D eigenvalue weighted by Gasteiger charge is 2.19. The molecule has 0 radical (unpaired) electrons. The molecule has 1 aromatic heterocycles. The van der Waals surface area contributed by atoms with E-state index in [1.54, 1.807) is 24.2 Å². The molecule has 1 heterocycles. The molecule has 0 atom stereocenters. The van der Waals surface area contributed by atoms with Crippen molar-refractivity contribution in [2.45, 2.75) is 6.92 Å². The minimum Gasteiger partial charge on any atom is -0.311 e. The number of rotatable bonds is 3. The standard InChI is InChI=1S/C14H15BrN4O/c1-9-5-3-4-6-12(9)19(2)14(20)11-7-10(15)8-17-13(11)18-16/h3-8H,16H2,1-2H3,(H,17,18). The highest BCUT2D eigenvalue weighted by molar-refractivity contribution is 9.10. The fourth-order valence-electron chi connectivity index (χ4n) is 1.95. The molecule has 6 heteroatoms. The number of nitrogens with one attached hydrogen (secondary N) is 1. The van der Waals surface area contributed by atoms with E-state index in [-0.39, 0.29) is 5.91 Å². The van der Waals surface area contributed by atoms with Crippen LogP contribution >= 0.6 is 15.9 Å². The number of nitrogens with two attached hydrogens (primary N) is 1. The third-order valence-electron chi connectivity index (χ3n) is 3.00. The van der Waals surface area contributed by atoms with Crippen molar-refractivity contribution in [2.75, 3.05) is 17.4 Å². The van der Waals surface area contributed by atoms with Crippen molar-refractivity contribution < 1.29 is 4.79 Å². The molecule has 2 rings (SSSR count). The molecule has 0 saturated heterocycles. The Bertz CT molecular complexity index is 645. The van der Waals surface area contributed by atoms with Crippen molar-refractivity contribution >= 4 is 33.3 Å². The molecular weight excluding hydrogens is 320 g/mol. The summed E-state index contributed by atoms with van der Waals surface area (Å²) in [4.78, 5) is 18.3. The Balaban J connectivity index is 2.41. The molecule has 1 aromatic carbocycles. The summed E-state index contributed by atoms with van der Waals surface area (Å²) in [5.74, 6) is 5.58. The zero-order valence-corrected chi connectivity index (χ0v) is 12.8. The van der Waals surface area contributed by atoms with Gasteiger partial charge in [0.25, 0.3) is 5.91 Å². The first kappa shape index (κ1) is 14.5. The van der Waals surface area contributed by atoms with Crippen molar-refractivity contribution in [1.82, 2.24) is 4.98 Å². The molecule has 0 fully saturated rings. The molecule has 3 N–H and O–H groups in total. The largest absolute Gasteiger partial charge is 0.311 e. The van der Waals surface area contributed by atoms with Crippen LogP contribution in [0.3, 0.4) is 0 Å². The summed E-state index contributed by atoms with van der Waals surface area (Å²) in [6, 6.07) is 9.38. The summed E-state index contributed by atoms with van der Waals surface area (Å²) >= 11 is 3.31. The predicted molar refractivity (Wildman–Crippen MR) is 83.7 cm³/mol. The maximum Gasteiger partial charge on any atom is 0.261 e. The number of para-hydroxylation sites is 1. The SMILES string of the molecule is Cc1ccccc1N(C)C(=O)c1cc(Br)cnc1NN. The molecule has 0 aliphatic heterocycles. The molecule has 1 amide bonds. The van der Waals surface area contributed by atoms with Crippen LogP contribution in [0.5, 0.6) is 0 Å². The molecule has 5 nitrogen and oxygen atoms in total. The van der Waals surface area contributed by atoms with Crippen LogP contribution in [0.25, 0.3) is 0 Å². The molecule has 2 aromatic rings. The Morgan fingerprint density at radius 3 is 2.75 bits per heavy atom. The minimum atomic E-state index is -0.180. The van der Waals surface area contributed by atoms with E-state index >= 15 is 0 Å². The van der Waals surface area contributed by atoms with E-state index in [1.165, 1.54) is 0 Å². The molecular formula is C14H15BrN4O. The maximum atomic E-state index is 12.6. The lowest BCUT2D eigenvalue weighted by Crippen LogP contribution is -2.28. The van der Waals surface area contributed by atoms with Crippen LogP contribution in [0.4, 0.5) is 11.5 Å². The van der Waals surface area contributed by atoms with Crippen LogP contribution in [0, 0.1) is 6.92 Å². The van der Waals surface area contributed by atoms with Gasteiger partial charge in [0.2, 0.25) is 0 Å². The van der Waals surface area contributed by atoms with E-state index in [2.05, 4.69) is 26.3 Å². The van der Waals surface area contributed by atoms with E-state index in [1.807, 2.05) is 31.2 Å². The Morgan fingerprint density at radius 2 is 2.10 bits per heavy atom. The van der Waals surface area contributed by atoms with Gasteiger partial charge in [0, 0.05) is 23.4 Å². The van der Waals surface area contributed by atoms with Crippen molar-refractivity contribution in [2.24, 2.45) is 5.84 Å². The quantitative estimate of drug-likeness (QED) is 0.668. The number of halogens is 1. The smallest absolute Gasteiger partial charge is 0.261 e. The number of carbonyl (C=O) groups is 1. The summed E-state index contributed by atoms with van der Waals surface area (Å²) in [7, 11) is 1.73. The summed E-state index contributed by atoms with van der Waals surface area (Å²) in [6.07, 6.45) is 1.58. The van der Waals surface area contributed by atoms with E-state index in [4.69, 9.17) is 5.84 Å². The first-order valence-corrected chi connectivity index (χ1v) is 6.79. The molecule has 0 aliphatic rings. The van der Waals surface area contributed by atoms with Crippen LogP contribution < -0.4 is 16.2 Å². The summed E-state index contributed by atoms with van der Waals surface area (Å²) in [5.41, 5.74) is 4.72. The van der Waals surface area contributed by atoms with Gasteiger partial charge in [-0.15, -0.1) is 0 Å². The number of benzene rings is 1. The number of anilines is 2. The van der Waals surface area contributed by atoms with Crippen molar-refractivity contribution in [3.63, 3.8) is 0 Å². The number of aromatic nitrogens is 1. The number of aryl methyl sites for hydroxylation is 1. The van der Waals surface area contributed by atoms with Crippen molar-refractivity contribution in [1.29, 1.82) is 0 Å². The van der Waals surface area contributed by atoms with E-state index in [9.17, 15) is 4.79 Å². The van der Waals surface area contributed by atoms with Gasteiger partial charge in [0.05, 0.1) is 5.56 Å². The zero-order chi connectivity index (χ0) is 14.7. The summed E-state index contributed by atoms with van der Waals surface area (Å²) in [5, 5.41) is 0. The highest BCUT2D eigenvalue weighted by Crippen LogP contribution is 2.23. The lowest BCUT2D eigenvalue weighted by Gasteiger charge is -2.20. The van der Waals surface area contributed by atoms with Gasteiger partial charge in [-0.1, -0.05) is 18.2 Å². The molecule has 0 saturated carbocycles. The second kappa shape index (κ2) is 6.02. The number of nitrogens with zero attached hydrogens (tertiary/aromatic N) is 2. The van der Waals surface area contributed by atoms with Gasteiger partial charge in [0.15, 0.2) is 5.82 Å². The molecule has 0 spiro atoms. The monoisotopic (exact) mass is 334 g/mol. The Kier molecular flexibility index (Phi) is 4.36. The number of hydrogen-bond acceptors (Lipinski definition) is 4. The van der Waals surface area contributed by atoms with Gasteiger partial charge in [-0.3, -0.25) is 4.79 Å². The average molecular weight is 335 g/mol. The molecule has 0 unspecified atom stereocenters. The maximum absolute atomic E-state index is 12.6. The Hall–Kier alpha value is -1.92. The number of amides is 1. The van der Waals surface area contributed by atoms with E-state index in [0.29, 0.717) is 11.4 Å². The number of hydrogen-bond donors (Lipinski definition) is 2. The second-order valence-electron chi connectivity index (χ2n) is 4.34. The van der Waals surface area contributed by atoms with E-state index in [0.717, 1.165) is 15.7 Å². The first-order chi connectivity index (χ1) is 9.54. The second-order valence-corrected chi connectivity index (χ2v) is 5.26. The highest BCUT2D eigenvalue weighted by atomic mass is 79.9. The minimum absolute atomic E-state index is 0.180. The first-order valence-electron chi connectivity index (χ1n) is 6.00. The predicted octanol–water partition coefficient (Wildman–Crippen LogP) is 2.71. The fraction of sp³-hybridized carbons (Fsp3) is 0.143. The van der Waals surface area contributed by atoms with Crippen LogP contribution in [-0.4, -0.2) is 17.9 Å². The zero-order valence-electron chi connectivity index (χ0n) is 11.2. The normalized spacial score (nSPS) is 10.2. The Morgan fingerprint density at radius 1 is 1.40 bits per heavy atom. The average Bonchev–Trinajstić information content (AvgIpc) is 2.46. The van der Waals surface area contributed by atoms with Gasteiger partial charge in [-0.2, -0.15) is 0 Å². The van der Waals surface area contributed by atoms with Gasteiger partial charge < -0.3 is 10.3 Å². The van der Waals surface area contributed by atoms with Gasteiger partial charge >= 0.3 is 0 Å². The van der Waals surface area contributed by atoms with Crippen LogP contribution in [0.1, 0.15) is 15.9 Å². The van der Waals surface area contributed by atoms with Gasteiger partial charge in [0.1, 0.15) is 0 Å². The number of carbonyl (C=O) groups excluding carboxylic acids is 1. The fourth-order valence-corrected chi connectivity index (χ4v) is 2.28. The van der Waals surface area contributed by atoms with Crippen molar-refractivity contribution in [3.8, 4) is 0 Å². The molecule has 104 valence electrons. The van der Waals surface area contributed by atoms with Crippen LogP contribution in [0.15, 0.2) is 41.0 Å². The summed E-state index contributed by atoms with van der Waals surface area (Å²) in [6.45, 7) is 1.96.